The van der Waals surface area contributed by atoms with Crippen LogP contribution in [0.5, 0.6) is 0 Å². The van der Waals surface area contributed by atoms with Crippen LogP contribution in [0.25, 0.3) is 0 Å². The van der Waals surface area contributed by atoms with E-state index < -0.39 is 0 Å². The second-order valence-electron chi connectivity index (χ2n) is 3.14. The van der Waals surface area contributed by atoms with Gasteiger partial charge in [-0.2, -0.15) is 0 Å². The third kappa shape index (κ3) is 6.59. The normalized spacial score (nSPS) is 9.47. The molecule has 0 aliphatic carbocycles. The van der Waals surface area contributed by atoms with E-state index in [9.17, 15) is 4.79 Å². The Labute approximate surface area is 124 Å². The van der Waals surface area contributed by atoms with Crippen LogP contribution >= 0.6 is 34.8 Å². The highest BCUT2D eigenvalue weighted by molar-refractivity contribution is 14.1. The van der Waals surface area contributed by atoms with Gasteiger partial charge in [-0.25, -0.2) is 0 Å². The zero-order chi connectivity index (χ0) is 12.7. The number of hydrogen-bond donors (Lipinski definition) is 3. The van der Waals surface area contributed by atoms with Gasteiger partial charge in [0.25, 0.3) is 0 Å². The number of amides is 1. The van der Waals surface area contributed by atoms with Crippen molar-refractivity contribution in [1.29, 1.82) is 0 Å². The van der Waals surface area contributed by atoms with Crippen molar-refractivity contribution < 1.29 is 4.79 Å². The smallest absolute Gasteiger partial charge is 0.240 e. The van der Waals surface area contributed by atoms with Gasteiger partial charge in [0.15, 0.2) is 0 Å². The fourth-order valence-electron chi connectivity index (χ4n) is 1.07. The SMILES string of the molecule is O=C(CCNc1ccc(I)cc1)NNC(=S)[S-]. The Bertz CT molecular complexity index is 397. The van der Waals surface area contributed by atoms with E-state index >= 15 is 0 Å². The van der Waals surface area contributed by atoms with Crippen molar-refractivity contribution in [2.75, 3.05) is 11.9 Å². The molecule has 7 heteroatoms. The van der Waals surface area contributed by atoms with Gasteiger partial charge in [0.05, 0.1) is 0 Å². The van der Waals surface area contributed by atoms with Crippen LogP contribution in [-0.4, -0.2) is 16.8 Å². The molecule has 1 aromatic rings. The Hall–Kier alpha value is -0.670. The molecule has 92 valence electrons. The molecular formula is C10H11IN3OS2-. The van der Waals surface area contributed by atoms with E-state index in [1.807, 2.05) is 24.3 Å². The molecule has 0 heterocycles. The fraction of sp³-hybridized carbons (Fsp3) is 0.200. The first kappa shape index (κ1) is 14.4. The van der Waals surface area contributed by atoms with E-state index in [4.69, 9.17) is 0 Å². The number of anilines is 1. The fourth-order valence-corrected chi connectivity index (χ4v) is 1.53. The number of thiocarbonyl (C=S) groups is 1. The Balaban J connectivity index is 2.21. The average Bonchev–Trinajstić information content (AvgIpc) is 2.29. The van der Waals surface area contributed by atoms with Crippen LogP contribution in [0.3, 0.4) is 0 Å². The maximum absolute atomic E-state index is 11.3. The topological polar surface area (TPSA) is 53.2 Å². The van der Waals surface area contributed by atoms with Gasteiger partial charge in [-0.1, -0.05) is 0 Å². The molecule has 0 unspecified atom stereocenters. The Morgan fingerprint density at radius 1 is 1.29 bits per heavy atom. The molecule has 0 spiro atoms. The van der Waals surface area contributed by atoms with Crippen LogP contribution in [0.15, 0.2) is 24.3 Å². The summed E-state index contributed by atoms with van der Waals surface area (Å²) in [5, 5.41) is 3.14. The van der Waals surface area contributed by atoms with Crippen molar-refractivity contribution in [3.05, 3.63) is 27.8 Å². The van der Waals surface area contributed by atoms with Crippen molar-refractivity contribution in [3.63, 3.8) is 0 Å². The summed E-state index contributed by atoms with van der Waals surface area (Å²) in [5.74, 6) is -0.157. The maximum Gasteiger partial charge on any atom is 0.240 e. The summed E-state index contributed by atoms with van der Waals surface area (Å²) >= 11 is 11.4. The van der Waals surface area contributed by atoms with Gasteiger partial charge in [-0.3, -0.25) is 10.2 Å². The van der Waals surface area contributed by atoms with E-state index in [2.05, 4.69) is 63.6 Å². The van der Waals surface area contributed by atoms with Crippen LogP contribution in [0.4, 0.5) is 5.69 Å². The van der Waals surface area contributed by atoms with Crippen molar-refractivity contribution >= 4 is 63.4 Å². The highest BCUT2D eigenvalue weighted by Crippen LogP contribution is 2.10. The minimum atomic E-state index is -0.157. The molecule has 0 radical (unpaired) electrons. The zero-order valence-electron chi connectivity index (χ0n) is 8.83. The Kier molecular flexibility index (Phi) is 6.45. The van der Waals surface area contributed by atoms with Crippen LogP contribution < -0.4 is 16.2 Å². The first-order valence-electron chi connectivity index (χ1n) is 4.83. The van der Waals surface area contributed by atoms with Crippen molar-refractivity contribution in [2.24, 2.45) is 0 Å². The minimum absolute atomic E-state index is 0.129. The summed E-state index contributed by atoms with van der Waals surface area (Å²) in [5.41, 5.74) is 5.81. The molecule has 1 amide bonds. The Morgan fingerprint density at radius 3 is 2.53 bits per heavy atom. The number of halogens is 1. The van der Waals surface area contributed by atoms with Gasteiger partial charge in [0.2, 0.25) is 5.91 Å². The summed E-state index contributed by atoms with van der Waals surface area (Å²) in [6.07, 6.45) is 0.344. The summed E-state index contributed by atoms with van der Waals surface area (Å²) in [6, 6.07) is 7.94. The molecule has 1 rings (SSSR count). The predicted molar refractivity (Wildman–Crippen MR) is 83.5 cm³/mol. The highest BCUT2D eigenvalue weighted by atomic mass is 127. The Morgan fingerprint density at radius 2 is 1.94 bits per heavy atom. The predicted octanol–water partition coefficient (Wildman–Crippen LogP) is 1.55. The lowest BCUT2D eigenvalue weighted by molar-refractivity contribution is -0.121. The lowest BCUT2D eigenvalue weighted by atomic mass is 10.3. The molecule has 0 aromatic heterocycles. The van der Waals surface area contributed by atoms with E-state index in [0.29, 0.717) is 13.0 Å². The van der Waals surface area contributed by atoms with Gasteiger partial charge >= 0.3 is 0 Å². The van der Waals surface area contributed by atoms with E-state index in [1.54, 1.807) is 0 Å². The second kappa shape index (κ2) is 7.62. The highest BCUT2D eigenvalue weighted by Gasteiger charge is 1.99. The largest absolute Gasteiger partial charge is 0.410 e. The number of benzene rings is 1. The number of carbonyl (C=O) groups is 1. The standard InChI is InChI=1S/C10H12IN3OS2/c11-7-1-3-8(4-2-7)12-6-5-9(15)13-14-10(16)17/h1-4,12H,5-6H2,(H,13,15)(H2,14,16,17)/p-1. The third-order valence-electron chi connectivity index (χ3n) is 1.83. The van der Waals surface area contributed by atoms with Crippen LogP contribution in [0.2, 0.25) is 0 Å². The van der Waals surface area contributed by atoms with Gasteiger partial charge in [0.1, 0.15) is 0 Å². The first-order chi connectivity index (χ1) is 8.08. The molecular weight excluding hydrogens is 369 g/mol. The van der Waals surface area contributed by atoms with E-state index in [1.165, 1.54) is 3.57 Å². The zero-order valence-corrected chi connectivity index (χ0v) is 12.6. The number of hydrazine groups is 1. The first-order valence-corrected chi connectivity index (χ1v) is 6.73. The quantitative estimate of drug-likeness (QED) is 0.320. The van der Waals surface area contributed by atoms with E-state index in [0.717, 1.165) is 5.69 Å². The summed E-state index contributed by atoms with van der Waals surface area (Å²) < 4.78 is 1.30. The molecule has 3 N–H and O–H groups in total. The third-order valence-corrected chi connectivity index (χ3v) is 2.75. The van der Waals surface area contributed by atoms with Crippen molar-refractivity contribution in [3.8, 4) is 0 Å². The van der Waals surface area contributed by atoms with Crippen LogP contribution in [0, 0.1) is 3.57 Å². The molecule has 17 heavy (non-hydrogen) atoms. The molecule has 0 saturated heterocycles. The molecule has 4 nitrogen and oxygen atoms in total. The van der Waals surface area contributed by atoms with E-state index in [-0.39, 0.29) is 10.2 Å². The molecule has 0 aliphatic heterocycles. The number of hydrogen-bond acceptors (Lipinski definition) is 4. The lowest BCUT2D eigenvalue weighted by Gasteiger charge is -2.11. The lowest BCUT2D eigenvalue weighted by Crippen LogP contribution is -2.40. The van der Waals surface area contributed by atoms with Gasteiger partial charge < -0.3 is 35.6 Å². The summed E-state index contributed by atoms with van der Waals surface area (Å²) in [4.78, 5) is 11.3. The maximum atomic E-state index is 11.3. The monoisotopic (exact) mass is 380 g/mol. The van der Waals surface area contributed by atoms with Crippen molar-refractivity contribution in [2.45, 2.75) is 6.42 Å². The number of nitrogens with one attached hydrogen (secondary N) is 3. The molecule has 0 atom stereocenters. The summed E-state index contributed by atoms with van der Waals surface area (Å²) in [6.45, 7) is 0.554. The minimum Gasteiger partial charge on any atom is -0.410 e. The molecule has 0 fully saturated rings. The number of rotatable bonds is 4. The van der Waals surface area contributed by atoms with Crippen LogP contribution in [0.1, 0.15) is 6.42 Å². The second-order valence-corrected chi connectivity index (χ2v) is 5.46. The van der Waals surface area contributed by atoms with Gasteiger partial charge in [-0.15, -0.1) is 0 Å². The van der Waals surface area contributed by atoms with Crippen LogP contribution in [-0.2, 0) is 17.4 Å². The average molecular weight is 380 g/mol. The number of carbonyl (C=O) groups excluding carboxylic acids is 1. The molecule has 0 aliphatic rings. The molecule has 1 aromatic carbocycles. The van der Waals surface area contributed by atoms with Gasteiger partial charge in [0, 0.05) is 22.2 Å². The molecule has 0 bridgehead atoms. The molecule has 0 saturated carbocycles. The van der Waals surface area contributed by atoms with Crippen molar-refractivity contribution in [1.82, 2.24) is 10.9 Å². The van der Waals surface area contributed by atoms with Gasteiger partial charge in [-0.05, 0) is 51.2 Å². The summed E-state index contributed by atoms with van der Waals surface area (Å²) in [7, 11) is 0.